The molecule has 4 unspecified atom stereocenters. The summed E-state index contributed by atoms with van der Waals surface area (Å²) >= 11 is 0. The van der Waals surface area contributed by atoms with Gasteiger partial charge in [0.05, 0.1) is 0 Å². The van der Waals surface area contributed by atoms with Crippen LogP contribution in [-0.2, 0) is 17.7 Å². The molecule has 0 fully saturated rings. The van der Waals surface area contributed by atoms with Gasteiger partial charge in [0.15, 0.2) is 0 Å². The van der Waals surface area contributed by atoms with Crippen molar-refractivity contribution >= 4 is 9.05 Å². The Balaban J connectivity index is 5.47. The second kappa shape index (κ2) is 17.7. The summed E-state index contributed by atoms with van der Waals surface area (Å²) in [4.78, 5) is 0. The molecule has 4 nitrogen and oxygen atoms in total. The van der Waals surface area contributed by atoms with E-state index in [2.05, 4.69) is 55.4 Å². The summed E-state index contributed by atoms with van der Waals surface area (Å²) in [7, 11) is -3.25. The summed E-state index contributed by atoms with van der Waals surface area (Å²) in [6, 6.07) is 0. The van der Waals surface area contributed by atoms with E-state index in [1.54, 1.807) is 0 Å². The quantitative estimate of drug-likeness (QED) is 0.184. The van der Waals surface area contributed by atoms with E-state index >= 15 is 0 Å². The van der Waals surface area contributed by atoms with Gasteiger partial charge < -0.3 is 17.7 Å². The van der Waals surface area contributed by atoms with Gasteiger partial charge in [-0.2, -0.15) is 0 Å². The van der Waals surface area contributed by atoms with E-state index in [0.717, 1.165) is 77.0 Å². The van der Waals surface area contributed by atoms with Crippen molar-refractivity contribution in [2.45, 2.75) is 157 Å². The zero-order valence-corrected chi connectivity index (χ0v) is 21.9. The Morgan fingerprint density at radius 1 is 0.448 bits per heavy atom. The topological polar surface area (TPSA) is 36.9 Å². The summed E-state index contributed by atoms with van der Waals surface area (Å²) in [6.07, 6.45) is 13.6. The fourth-order valence-corrected chi connectivity index (χ4v) is 6.13. The lowest BCUT2D eigenvalue weighted by Crippen LogP contribution is -2.56. The van der Waals surface area contributed by atoms with Gasteiger partial charge in [0.1, 0.15) is 0 Å². The third kappa shape index (κ3) is 14.7. The lowest BCUT2D eigenvalue weighted by Gasteiger charge is -2.36. The van der Waals surface area contributed by atoms with Gasteiger partial charge in [0.2, 0.25) is 0 Å². The lowest BCUT2D eigenvalue weighted by molar-refractivity contribution is -0.100. The number of unbranched alkanes of at least 4 members (excludes halogenated alkanes) is 4. The van der Waals surface area contributed by atoms with Gasteiger partial charge in [-0.05, 0) is 53.4 Å². The predicted molar refractivity (Wildman–Crippen MR) is 126 cm³/mol. The van der Waals surface area contributed by atoms with Crippen LogP contribution in [0.3, 0.4) is 0 Å². The van der Waals surface area contributed by atoms with E-state index in [1.165, 1.54) is 0 Å². The van der Waals surface area contributed by atoms with Crippen LogP contribution in [0, 0.1) is 0 Å². The molecule has 0 heterocycles. The largest absolute Gasteiger partial charge is 0.680 e. The highest BCUT2D eigenvalue weighted by Gasteiger charge is 2.51. The van der Waals surface area contributed by atoms with Crippen LogP contribution in [0.5, 0.6) is 0 Å². The molecule has 0 saturated heterocycles. The summed E-state index contributed by atoms with van der Waals surface area (Å²) < 4.78 is 26.3. The highest BCUT2D eigenvalue weighted by molar-refractivity contribution is 6.53. The highest BCUT2D eigenvalue weighted by atomic mass is 28.4. The summed E-state index contributed by atoms with van der Waals surface area (Å²) in [5.74, 6) is 0. The first-order chi connectivity index (χ1) is 13.8. The first-order valence-corrected chi connectivity index (χ1v) is 14.2. The Bertz CT molecular complexity index is 297. The van der Waals surface area contributed by atoms with E-state index in [4.69, 9.17) is 17.7 Å². The third-order valence-corrected chi connectivity index (χ3v) is 8.00. The maximum atomic E-state index is 6.56. The van der Waals surface area contributed by atoms with Gasteiger partial charge in [-0.3, -0.25) is 0 Å². The van der Waals surface area contributed by atoms with Crippen LogP contribution in [0.4, 0.5) is 0 Å². The molecule has 176 valence electrons. The van der Waals surface area contributed by atoms with Crippen molar-refractivity contribution in [1.29, 1.82) is 0 Å². The normalized spacial score (nSPS) is 18.2. The predicted octanol–water partition coefficient (Wildman–Crippen LogP) is 7.80. The van der Waals surface area contributed by atoms with Crippen molar-refractivity contribution < 1.29 is 17.7 Å². The number of hydrogen-bond acceptors (Lipinski definition) is 4. The summed E-state index contributed by atoms with van der Waals surface area (Å²) in [5.41, 5.74) is 0. The van der Waals surface area contributed by atoms with Crippen molar-refractivity contribution in [2.75, 3.05) is 0 Å². The molecule has 0 bridgehead atoms. The summed E-state index contributed by atoms with van der Waals surface area (Å²) in [6.45, 7) is 17.4. The zero-order chi connectivity index (χ0) is 22.1. The molecule has 0 rings (SSSR count). The molecular formula is C24H52O4Si. The molecule has 5 heteroatoms. The molecule has 0 radical (unpaired) electrons. The Kier molecular flexibility index (Phi) is 17.7. The van der Waals surface area contributed by atoms with Crippen LogP contribution in [0.25, 0.3) is 0 Å². The molecule has 0 spiro atoms. The van der Waals surface area contributed by atoms with E-state index in [1.807, 2.05) is 0 Å². The smallest absolute Gasteiger partial charge is 0.348 e. The van der Waals surface area contributed by atoms with Gasteiger partial charge in [0, 0.05) is 24.4 Å². The molecule has 4 atom stereocenters. The first-order valence-electron chi connectivity index (χ1n) is 12.5. The molecule has 0 aromatic heterocycles. The van der Waals surface area contributed by atoms with Crippen LogP contribution >= 0.6 is 0 Å². The SMILES string of the molecule is CCCCC(C)O[Si](OC(C)CCCC)(OC(C)CCCC)OC(C)CCCC. The Labute approximate surface area is 183 Å². The van der Waals surface area contributed by atoms with Crippen LogP contribution in [0.2, 0.25) is 0 Å². The molecular weight excluding hydrogens is 380 g/mol. The van der Waals surface area contributed by atoms with Crippen molar-refractivity contribution in [3.05, 3.63) is 0 Å². The van der Waals surface area contributed by atoms with Crippen LogP contribution in [0.1, 0.15) is 132 Å². The van der Waals surface area contributed by atoms with Gasteiger partial charge in [-0.15, -0.1) is 0 Å². The Hall–Kier alpha value is 0.0569. The fourth-order valence-electron chi connectivity index (χ4n) is 3.35. The van der Waals surface area contributed by atoms with E-state index in [0.29, 0.717) is 0 Å². The van der Waals surface area contributed by atoms with E-state index in [9.17, 15) is 0 Å². The van der Waals surface area contributed by atoms with Crippen molar-refractivity contribution in [2.24, 2.45) is 0 Å². The maximum absolute atomic E-state index is 6.56. The van der Waals surface area contributed by atoms with Crippen molar-refractivity contribution in [3.63, 3.8) is 0 Å². The minimum absolute atomic E-state index is 0.0803. The van der Waals surface area contributed by atoms with Gasteiger partial charge >= 0.3 is 9.05 Å². The standard InChI is InChI=1S/C24H52O4Si/c1-9-13-17-21(5)25-29(26-22(6)18-14-10-2,27-23(7)19-15-11-3)28-24(8)20-16-12-4/h21-24H,9-20H2,1-8H3. The average Bonchev–Trinajstić information content (AvgIpc) is 2.67. The monoisotopic (exact) mass is 432 g/mol. The molecule has 0 aliphatic carbocycles. The Morgan fingerprint density at radius 2 is 0.655 bits per heavy atom. The van der Waals surface area contributed by atoms with Gasteiger partial charge in [-0.25, -0.2) is 0 Å². The minimum atomic E-state index is -3.25. The van der Waals surface area contributed by atoms with Crippen molar-refractivity contribution in [1.82, 2.24) is 0 Å². The lowest BCUT2D eigenvalue weighted by atomic mass is 10.2. The van der Waals surface area contributed by atoms with Crippen molar-refractivity contribution in [3.8, 4) is 0 Å². The minimum Gasteiger partial charge on any atom is -0.348 e. The highest BCUT2D eigenvalue weighted by Crippen LogP contribution is 2.26. The van der Waals surface area contributed by atoms with E-state index < -0.39 is 9.05 Å². The number of rotatable bonds is 20. The number of hydrogen-bond donors (Lipinski definition) is 0. The van der Waals surface area contributed by atoms with Crippen LogP contribution < -0.4 is 0 Å². The first kappa shape index (κ1) is 29.1. The van der Waals surface area contributed by atoms with Crippen LogP contribution in [-0.4, -0.2) is 33.5 Å². The van der Waals surface area contributed by atoms with Gasteiger partial charge in [0.25, 0.3) is 0 Å². The second-order valence-corrected chi connectivity index (χ2v) is 10.7. The molecule has 0 aliphatic rings. The summed E-state index contributed by atoms with van der Waals surface area (Å²) in [5, 5.41) is 0. The Morgan fingerprint density at radius 3 is 0.828 bits per heavy atom. The molecule has 0 aliphatic heterocycles. The molecule has 0 N–H and O–H groups in total. The van der Waals surface area contributed by atoms with Crippen LogP contribution in [0.15, 0.2) is 0 Å². The molecule has 0 aromatic carbocycles. The molecule has 0 amide bonds. The molecule has 29 heavy (non-hydrogen) atoms. The molecule has 0 saturated carbocycles. The maximum Gasteiger partial charge on any atom is 0.680 e. The third-order valence-electron chi connectivity index (χ3n) is 5.24. The van der Waals surface area contributed by atoms with E-state index in [-0.39, 0.29) is 24.4 Å². The zero-order valence-electron chi connectivity index (χ0n) is 20.9. The van der Waals surface area contributed by atoms with Gasteiger partial charge in [-0.1, -0.05) is 79.1 Å². The average molecular weight is 433 g/mol. The fraction of sp³-hybridized carbons (Fsp3) is 1.00. The second-order valence-electron chi connectivity index (χ2n) is 8.78. The molecule has 0 aromatic rings.